The van der Waals surface area contributed by atoms with E-state index in [1.54, 1.807) is 18.2 Å². The molecule has 0 atom stereocenters. The Bertz CT molecular complexity index is 929. The summed E-state index contributed by atoms with van der Waals surface area (Å²) in [5, 5.41) is 5.68. The molecule has 138 valence electrons. The van der Waals surface area contributed by atoms with Crippen LogP contribution in [-0.4, -0.2) is 11.8 Å². The third-order valence-electron chi connectivity index (χ3n) is 4.20. The predicted molar refractivity (Wildman–Crippen MR) is 106 cm³/mol. The van der Waals surface area contributed by atoms with Crippen LogP contribution in [0.15, 0.2) is 65.3 Å². The van der Waals surface area contributed by atoms with Crippen molar-refractivity contribution in [1.82, 2.24) is 0 Å². The second-order valence-electron chi connectivity index (χ2n) is 6.51. The molecule has 2 aromatic carbocycles. The topological polar surface area (TPSA) is 71.3 Å². The molecule has 1 aromatic heterocycles. The summed E-state index contributed by atoms with van der Waals surface area (Å²) < 4.78 is 5.12. The second kappa shape index (κ2) is 8.36. The number of amides is 2. The zero-order valence-corrected chi connectivity index (χ0v) is 15.4. The lowest BCUT2D eigenvalue weighted by molar-refractivity contribution is -0.116. The third kappa shape index (κ3) is 5.07. The highest BCUT2D eigenvalue weighted by Gasteiger charge is 2.13. The summed E-state index contributed by atoms with van der Waals surface area (Å²) in [6, 6.07) is 16.9. The molecule has 5 nitrogen and oxygen atoms in total. The Kier molecular flexibility index (Phi) is 5.71. The molecule has 0 aliphatic rings. The number of nitrogens with one attached hydrogen (secondary N) is 2. The molecule has 0 bridgehead atoms. The minimum Gasteiger partial charge on any atom is -0.459 e. The maximum atomic E-state index is 12.4. The second-order valence-corrected chi connectivity index (χ2v) is 6.51. The van der Waals surface area contributed by atoms with Gasteiger partial charge in [-0.15, -0.1) is 0 Å². The molecule has 0 spiro atoms. The normalized spacial score (nSPS) is 10.4. The Labute approximate surface area is 158 Å². The first-order valence-electron chi connectivity index (χ1n) is 8.82. The van der Waals surface area contributed by atoms with E-state index in [0.29, 0.717) is 24.2 Å². The maximum Gasteiger partial charge on any atom is 0.291 e. The first-order valence-corrected chi connectivity index (χ1v) is 8.82. The van der Waals surface area contributed by atoms with Crippen molar-refractivity contribution in [2.45, 2.75) is 26.7 Å². The van der Waals surface area contributed by atoms with Crippen molar-refractivity contribution >= 4 is 23.2 Å². The van der Waals surface area contributed by atoms with Crippen molar-refractivity contribution in [2.24, 2.45) is 0 Å². The van der Waals surface area contributed by atoms with Gasteiger partial charge in [-0.1, -0.05) is 35.9 Å². The minimum absolute atomic E-state index is 0.104. The Morgan fingerprint density at radius 1 is 0.889 bits per heavy atom. The molecule has 0 saturated heterocycles. The Morgan fingerprint density at radius 3 is 2.33 bits per heavy atom. The predicted octanol–water partition coefficient (Wildman–Crippen LogP) is 4.72. The summed E-state index contributed by atoms with van der Waals surface area (Å²) in [4.78, 5) is 24.6. The Hall–Kier alpha value is -3.34. The molecule has 0 unspecified atom stereocenters. The molecule has 3 rings (SSSR count). The summed E-state index contributed by atoms with van der Waals surface area (Å²) in [6.45, 7) is 3.96. The van der Waals surface area contributed by atoms with E-state index in [9.17, 15) is 9.59 Å². The van der Waals surface area contributed by atoms with Crippen LogP contribution >= 0.6 is 0 Å². The SMILES string of the molecule is Cc1ccc(CCC(=O)Nc2ccc(C)cc2NC(=O)c2ccco2)cc1. The van der Waals surface area contributed by atoms with Crippen molar-refractivity contribution < 1.29 is 14.0 Å². The average molecular weight is 362 g/mol. The highest BCUT2D eigenvalue weighted by molar-refractivity contribution is 6.05. The smallest absolute Gasteiger partial charge is 0.291 e. The number of rotatable bonds is 6. The molecule has 3 aromatic rings. The Morgan fingerprint density at radius 2 is 1.63 bits per heavy atom. The number of benzene rings is 2. The van der Waals surface area contributed by atoms with Crippen LogP contribution in [0.3, 0.4) is 0 Å². The third-order valence-corrected chi connectivity index (χ3v) is 4.20. The number of furan rings is 1. The lowest BCUT2D eigenvalue weighted by Gasteiger charge is -2.13. The van der Waals surface area contributed by atoms with Gasteiger partial charge in [-0.2, -0.15) is 0 Å². The molecule has 0 aliphatic carbocycles. The van der Waals surface area contributed by atoms with Crippen LogP contribution in [0.25, 0.3) is 0 Å². The van der Waals surface area contributed by atoms with E-state index in [1.165, 1.54) is 11.8 Å². The molecule has 27 heavy (non-hydrogen) atoms. The van der Waals surface area contributed by atoms with Gasteiger partial charge in [0.2, 0.25) is 5.91 Å². The van der Waals surface area contributed by atoms with E-state index < -0.39 is 0 Å². The van der Waals surface area contributed by atoms with Crippen LogP contribution in [0.2, 0.25) is 0 Å². The molecule has 2 amide bonds. The number of anilines is 2. The van der Waals surface area contributed by atoms with Crippen LogP contribution in [0.1, 0.15) is 33.7 Å². The molecule has 0 radical (unpaired) electrons. The summed E-state index contributed by atoms with van der Waals surface area (Å²) in [5.74, 6) is -0.248. The van der Waals surface area contributed by atoms with Crippen molar-refractivity contribution in [3.8, 4) is 0 Å². The first-order chi connectivity index (χ1) is 13.0. The molecule has 5 heteroatoms. The van der Waals surface area contributed by atoms with E-state index in [-0.39, 0.29) is 17.6 Å². The molecule has 1 heterocycles. The molecule has 2 N–H and O–H groups in total. The van der Waals surface area contributed by atoms with Crippen LogP contribution in [-0.2, 0) is 11.2 Å². The summed E-state index contributed by atoms with van der Waals surface area (Å²) >= 11 is 0. The van der Waals surface area contributed by atoms with Gasteiger partial charge in [-0.25, -0.2) is 0 Å². The fraction of sp³-hybridized carbons (Fsp3) is 0.182. The van der Waals surface area contributed by atoms with Gasteiger partial charge in [0, 0.05) is 6.42 Å². The lowest BCUT2D eigenvalue weighted by Crippen LogP contribution is -2.17. The number of carbonyl (C=O) groups excluding carboxylic acids is 2. The standard InChI is InChI=1S/C22H22N2O3/c1-15-5-8-17(9-6-15)10-12-21(25)23-18-11-7-16(2)14-19(18)24-22(26)20-4-3-13-27-20/h3-9,11,13-14H,10,12H2,1-2H3,(H,23,25)(H,24,26). The average Bonchev–Trinajstić information content (AvgIpc) is 3.18. The van der Waals surface area contributed by atoms with Crippen molar-refractivity contribution in [2.75, 3.05) is 10.6 Å². The lowest BCUT2D eigenvalue weighted by atomic mass is 10.1. The summed E-state index contributed by atoms with van der Waals surface area (Å²) in [7, 11) is 0. The van der Waals surface area contributed by atoms with Gasteiger partial charge in [0.05, 0.1) is 17.6 Å². The van der Waals surface area contributed by atoms with E-state index >= 15 is 0 Å². The summed E-state index contributed by atoms with van der Waals surface area (Å²) in [6.07, 6.45) is 2.47. The zero-order valence-electron chi connectivity index (χ0n) is 15.4. The van der Waals surface area contributed by atoms with Gasteiger partial charge in [0.1, 0.15) is 0 Å². The van der Waals surface area contributed by atoms with Crippen LogP contribution in [0.4, 0.5) is 11.4 Å². The van der Waals surface area contributed by atoms with E-state index in [1.807, 2.05) is 50.2 Å². The van der Waals surface area contributed by atoms with Gasteiger partial charge >= 0.3 is 0 Å². The molecular formula is C22H22N2O3. The number of hydrogen-bond acceptors (Lipinski definition) is 3. The van der Waals surface area contributed by atoms with E-state index in [0.717, 1.165) is 11.1 Å². The summed E-state index contributed by atoms with van der Waals surface area (Å²) in [5.41, 5.74) is 4.39. The van der Waals surface area contributed by atoms with Gasteiger partial charge in [0.25, 0.3) is 5.91 Å². The monoisotopic (exact) mass is 362 g/mol. The van der Waals surface area contributed by atoms with Crippen LogP contribution in [0, 0.1) is 13.8 Å². The molecule has 0 saturated carbocycles. The number of aryl methyl sites for hydroxylation is 3. The van der Waals surface area contributed by atoms with Crippen molar-refractivity contribution in [3.05, 3.63) is 83.3 Å². The fourth-order valence-electron chi connectivity index (χ4n) is 2.69. The first kappa shape index (κ1) is 18.5. The van der Waals surface area contributed by atoms with Crippen LogP contribution < -0.4 is 10.6 Å². The van der Waals surface area contributed by atoms with Gasteiger partial charge in [0.15, 0.2) is 5.76 Å². The maximum absolute atomic E-state index is 12.4. The molecular weight excluding hydrogens is 340 g/mol. The highest BCUT2D eigenvalue weighted by atomic mass is 16.3. The Balaban J connectivity index is 1.65. The van der Waals surface area contributed by atoms with Crippen molar-refractivity contribution in [3.63, 3.8) is 0 Å². The quantitative estimate of drug-likeness (QED) is 0.666. The molecule has 0 aliphatic heterocycles. The van der Waals surface area contributed by atoms with Gasteiger partial charge < -0.3 is 15.1 Å². The zero-order chi connectivity index (χ0) is 19.2. The molecule has 0 fully saturated rings. The van der Waals surface area contributed by atoms with Crippen LogP contribution in [0.5, 0.6) is 0 Å². The van der Waals surface area contributed by atoms with Gasteiger partial charge in [-0.3, -0.25) is 9.59 Å². The van der Waals surface area contributed by atoms with E-state index in [2.05, 4.69) is 10.6 Å². The van der Waals surface area contributed by atoms with Gasteiger partial charge in [-0.05, 0) is 55.7 Å². The largest absolute Gasteiger partial charge is 0.459 e. The van der Waals surface area contributed by atoms with E-state index in [4.69, 9.17) is 4.42 Å². The van der Waals surface area contributed by atoms with Crippen molar-refractivity contribution in [1.29, 1.82) is 0 Å². The minimum atomic E-state index is -0.360. The fourth-order valence-corrected chi connectivity index (χ4v) is 2.69. The number of hydrogen-bond donors (Lipinski definition) is 2. The highest BCUT2D eigenvalue weighted by Crippen LogP contribution is 2.24. The number of carbonyl (C=O) groups is 2.